The van der Waals surface area contributed by atoms with Crippen molar-refractivity contribution in [2.24, 2.45) is 0 Å². The second kappa shape index (κ2) is 13.9. The molecule has 5 aliphatic rings. The fraction of sp³-hybridized carbons (Fsp3) is 0.182. The maximum absolute atomic E-state index is 2.55. The summed E-state index contributed by atoms with van der Waals surface area (Å²) in [6.07, 6.45) is 5.24. The van der Waals surface area contributed by atoms with Crippen molar-refractivity contribution in [1.29, 1.82) is 0 Å². The lowest BCUT2D eigenvalue weighted by atomic mass is 9.70. The standard InChI is InChI=1S/C66H53N/c1-64(2)55-26-11-10-22-54(55)62-51(23-16-30-59(62)64)53-25-15-24-52-50-38-36-44(39-60(50)65(3,4)63(52)53)67(43-33-31-42(32-34-43)41-17-5-6-18-41)45-35-37-49-48-21-9-14-29-58(48)66(61(49)40-45)56-27-12-7-19-46(56)47-20-8-13-28-57(47)66/h7-16,19-41H,5-6,17-18H2,1-4H3. The Morgan fingerprint density at radius 3 is 1.39 bits per heavy atom. The SMILES string of the molecule is CC1(C)c2ccccc2-c2c(-c3cccc4c3C(C)(C)c3cc(N(c5ccc(C6CCCC6)cc5)c5ccc6c(c5)C5(c7ccccc7-c7ccccc75)c5ccccc5-6)ccc3-4)cccc21. The Hall–Kier alpha value is -7.22. The van der Waals surface area contributed by atoms with E-state index in [4.69, 9.17) is 0 Å². The summed E-state index contributed by atoms with van der Waals surface area (Å²) in [6, 6.07) is 74.8. The summed E-state index contributed by atoms with van der Waals surface area (Å²) in [5.41, 5.74) is 28.8. The van der Waals surface area contributed by atoms with Crippen LogP contribution in [0.5, 0.6) is 0 Å². The number of anilines is 3. The molecular formula is C66H53N. The predicted octanol–water partition coefficient (Wildman–Crippen LogP) is 17.4. The summed E-state index contributed by atoms with van der Waals surface area (Å²) < 4.78 is 0. The van der Waals surface area contributed by atoms with E-state index in [1.54, 1.807) is 0 Å². The maximum Gasteiger partial charge on any atom is 0.0726 e. The molecule has 0 heterocycles. The van der Waals surface area contributed by atoms with Crippen LogP contribution in [-0.2, 0) is 16.2 Å². The van der Waals surface area contributed by atoms with Gasteiger partial charge in [0.15, 0.2) is 0 Å². The zero-order chi connectivity index (χ0) is 44.8. The van der Waals surface area contributed by atoms with Crippen LogP contribution >= 0.6 is 0 Å². The molecule has 0 atom stereocenters. The maximum atomic E-state index is 2.55. The second-order valence-electron chi connectivity index (χ2n) is 21.0. The molecule has 1 saturated carbocycles. The van der Waals surface area contributed by atoms with Gasteiger partial charge < -0.3 is 4.90 Å². The average Bonchev–Trinajstić information content (AvgIpc) is 4.17. The second-order valence-corrected chi connectivity index (χ2v) is 21.0. The molecule has 1 fully saturated rings. The van der Waals surface area contributed by atoms with Crippen LogP contribution in [0, 0.1) is 0 Å². The van der Waals surface area contributed by atoms with Gasteiger partial charge in [0.25, 0.3) is 0 Å². The Morgan fingerprint density at radius 1 is 0.343 bits per heavy atom. The first kappa shape index (κ1) is 39.0. The van der Waals surface area contributed by atoms with Crippen LogP contribution < -0.4 is 4.90 Å². The molecule has 9 aromatic rings. The highest BCUT2D eigenvalue weighted by atomic mass is 15.1. The van der Waals surface area contributed by atoms with E-state index in [2.05, 4.69) is 227 Å². The predicted molar refractivity (Wildman–Crippen MR) is 279 cm³/mol. The minimum absolute atomic E-state index is 0.0590. The lowest BCUT2D eigenvalue weighted by molar-refractivity contribution is 0.659. The van der Waals surface area contributed by atoms with E-state index in [1.165, 1.54) is 148 Å². The largest absolute Gasteiger partial charge is 0.310 e. The Labute approximate surface area is 395 Å². The van der Waals surface area contributed by atoms with Gasteiger partial charge in [-0.15, -0.1) is 0 Å². The molecule has 67 heavy (non-hydrogen) atoms. The number of rotatable bonds is 5. The zero-order valence-corrected chi connectivity index (χ0v) is 38.8. The van der Waals surface area contributed by atoms with Gasteiger partial charge >= 0.3 is 0 Å². The van der Waals surface area contributed by atoms with E-state index < -0.39 is 5.41 Å². The summed E-state index contributed by atoms with van der Waals surface area (Å²) in [5.74, 6) is 0.655. The molecule has 1 nitrogen and oxygen atoms in total. The average molecular weight is 860 g/mol. The zero-order valence-electron chi connectivity index (χ0n) is 38.8. The van der Waals surface area contributed by atoms with Gasteiger partial charge in [0.05, 0.1) is 5.41 Å². The van der Waals surface area contributed by atoms with Crippen LogP contribution in [0.4, 0.5) is 17.1 Å². The van der Waals surface area contributed by atoms with Gasteiger partial charge in [-0.1, -0.05) is 198 Å². The van der Waals surface area contributed by atoms with E-state index in [1.807, 2.05) is 0 Å². The normalized spacial score (nSPS) is 16.7. The molecule has 9 aromatic carbocycles. The third-order valence-electron chi connectivity index (χ3n) is 17.0. The minimum atomic E-state index is -0.418. The van der Waals surface area contributed by atoms with Crippen LogP contribution in [0.15, 0.2) is 194 Å². The van der Waals surface area contributed by atoms with E-state index in [0.29, 0.717) is 5.92 Å². The quantitative estimate of drug-likeness (QED) is 0.167. The van der Waals surface area contributed by atoms with Crippen molar-refractivity contribution >= 4 is 17.1 Å². The summed E-state index contributed by atoms with van der Waals surface area (Å²) in [4.78, 5) is 2.55. The van der Waals surface area contributed by atoms with Gasteiger partial charge in [-0.2, -0.15) is 0 Å². The Morgan fingerprint density at radius 2 is 0.776 bits per heavy atom. The molecule has 0 aliphatic heterocycles. The van der Waals surface area contributed by atoms with E-state index >= 15 is 0 Å². The smallest absolute Gasteiger partial charge is 0.0726 e. The summed E-state index contributed by atoms with van der Waals surface area (Å²) >= 11 is 0. The van der Waals surface area contributed by atoms with E-state index in [-0.39, 0.29) is 10.8 Å². The number of fused-ring (bicyclic) bond motifs is 16. The monoisotopic (exact) mass is 859 g/mol. The highest BCUT2D eigenvalue weighted by Gasteiger charge is 2.52. The van der Waals surface area contributed by atoms with Crippen molar-refractivity contribution < 1.29 is 0 Å². The molecule has 322 valence electrons. The molecule has 14 rings (SSSR count). The van der Waals surface area contributed by atoms with Crippen molar-refractivity contribution in [1.82, 2.24) is 0 Å². The van der Waals surface area contributed by atoms with E-state index in [0.717, 1.165) is 0 Å². The molecule has 0 amide bonds. The van der Waals surface area contributed by atoms with Crippen LogP contribution in [-0.4, -0.2) is 0 Å². The molecule has 0 N–H and O–H groups in total. The number of nitrogens with zero attached hydrogens (tertiary/aromatic N) is 1. The molecule has 5 aliphatic carbocycles. The van der Waals surface area contributed by atoms with Gasteiger partial charge in [-0.05, 0) is 161 Å². The summed E-state index contributed by atoms with van der Waals surface area (Å²) in [5, 5.41) is 0. The minimum Gasteiger partial charge on any atom is -0.310 e. The van der Waals surface area contributed by atoms with Crippen molar-refractivity contribution in [3.63, 3.8) is 0 Å². The van der Waals surface area contributed by atoms with Crippen LogP contribution in [0.1, 0.15) is 109 Å². The van der Waals surface area contributed by atoms with Crippen LogP contribution in [0.2, 0.25) is 0 Å². The highest BCUT2D eigenvalue weighted by molar-refractivity contribution is 5.99. The third kappa shape index (κ3) is 5.15. The Balaban J connectivity index is 0.955. The van der Waals surface area contributed by atoms with Crippen molar-refractivity contribution in [2.45, 2.75) is 75.5 Å². The van der Waals surface area contributed by atoms with Crippen molar-refractivity contribution in [3.8, 4) is 55.6 Å². The van der Waals surface area contributed by atoms with Gasteiger partial charge in [-0.3, -0.25) is 0 Å². The van der Waals surface area contributed by atoms with Gasteiger partial charge in [0, 0.05) is 27.9 Å². The lowest BCUT2D eigenvalue weighted by Crippen LogP contribution is -2.26. The van der Waals surface area contributed by atoms with E-state index in [9.17, 15) is 0 Å². The molecule has 0 unspecified atom stereocenters. The first-order valence-electron chi connectivity index (χ1n) is 24.6. The lowest BCUT2D eigenvalue weighted by Gasteiger charge is -2.32. The molecular weight excluding hydrogens is 807 g/mol. The number of hydrogen-bond donors (Lipinski definition) is 0. The molecule has 0 bridgehead atoms. The number of benzene rings is 9. The van der Waals surface area contributed by atoms with Crippen LogP contribution in [0.25, 0.3) is 55.6 Å². The molecule has 0 saturated heterocycles. The summed E-state index contributed by atoms with van der Waals surface area (Å²) in [7, 11) is 0. The number of hydrogen-bond acceptors (Lipinski definition) is 1. The highest BCUT2D eigenvalue weighted by Crippen LogP contribution is 2.64. The summed E-state index contributed by atoms with van der Waals surface area (Å²) in [6.45, 7) is 9.69. The topological polar surface area (TPSA) is 3.24 Å². The van der Waals surface area contributed by atoms with Crippen molar-refractivity contribution in [3.05, 3.63) is 244 Å². The fourth-order valence-corrected chi connectivity index (χ4v) is 14.0. The molecule has 1 heteroatoms. The molecule has 0 aromatic heterocycles. The third-order valence-corrected chi connectivity index (χ3v) is 17.0. The fourth-order valence-electron chi connectivity index (χ4n) is 14.0. The van der Waals surface area contributed by atoms with Gasteiger partial charge in [0.1, 0.15) is 0 Å². The first-order chi connectivity index (χ1) is 32.8. The Bertz CT molecular complexity index is 3470. The van der Waals surface area contributed by atoms with Crippen LogP contribution in [0.3, 0.4) is 0 Å². The van der Waals surface area contributed by atoms with Crippen molar-refractivity contribution in [2.75, 3.05) is 4.90 Å². The Kier molecular flexibility index (Phi) is 8.09. The molecule has 0 radical (unpaired) electrons. The first-order valence-corrected chi connectivity index (χ1v) is 24.6. The van der Waals surface area contributed by atoms with Gasteiger partial charge in [0.2, 0.25) is 0 Å². The molecule has 1 spiro atoms. The van der Waals surface area contributed by atoms with Gasteiger partial charge in [-0.25, -0.2) is 0 Å².